The van der Waals surface area contributed by atoms with Gasteiger partial charge in [0.1, 0.15) is 0 Å². The molecule has 0 atom stereocenters. The minimum atomic E-state index is 0.933. The molecule has 108 valence electrons. The highest BCUT2D eigenvalue weighted by molar-refractivity contribution is 8.01. The van der Waals surface area contributed by atoms with Crippen molar-refractivity contribution >= 4 is 28.2 Å². The molecule has 2 aromatic rings. The maximum atomic E-state index is 4.19. The van der Waals surface area contributed by atoms with Gasteiger partial charge in [-0.25, -0.2) is 0 Å². The van der Waals surface area contributed by atoms with Gasteiger partial charge >= 0.3 is 0 Å². The highest BCUT2D eigenvalue weighted by atomic mass is 32.2. The molecule has 0 spiro atoms. The van der Waals surface area contributed by atoms with Crippen LogP contribution < -0.4 is 10.2 Å². The second kappa shape index (κ2) is 7.61. The van der Waals surface area contributed by atoms with Crippen LogP contribution in [0.5, 0.6) is 0 Å². The molecular formula is C14H20N4S2. The Labute approximate surface area is 128 Å². The Morgan fingerprint density at radius 2 is 1.95 bits per heavy atom. The van der Waals surface area contributed by atoms with Gasteiger partial charge in [-0.15, -0.1) is 10.2 Å². The Balaban J connectivity index is 1.92. The highest BCUT2D eigenvalue weighted by Crippen LogP contribution is 2.32. The fraction of sp³-hybridized carbons (Fsp3) is 0.429. The molecule has 1 aromatic carbocycles. The van der Waals surface area contributed by atoms with Crippen molar-refractivity contribution in [2.24, 2.45) is 0 Å². The van der Waals surface area contributed by atoms with Gasteiger partial charge in [0.05, 0.1) is 0 Å². The standard InChI is InChI=1S/C14H20N4S2/c1-4-9-15-10-11-5-7-12(8-6-11)19-14-17-16-13(20-14)18(2)3/h5-8,15H,4,9-10H2,1-3H3. The monoisotopic (exact) mass is 308 g/mol. The molecular weight excluding hydrogens is 288 g/mol. The molecule has 1 N–H and O–H groups in total. The van der Waals surface area contributed by atoms with Crippen LogP contribution in [0.15, 0.2) is 33.5 Å². The predicted molar refractivity (Wildman–Crippen MR) is 86.8 cm³/mol. The third-order valence-electron chi connectivity index (χ3n) is 2.66. The average Bonchev–Trinajstić information content (AvgIpc) is 2.90. The summed E-state index contributed by atoms with van der Waals surface area (Å²) >= 11 is 3.27. The van der Waals surface area contributed by atoms with Crippen molar-refractivity contribution < 1.29 is 0 Å². The Bertz CT molecular complexity index is 522. The highest BCUT2D eigenvalue weighted by Gasteiger charge is 2.07. The molecule has 0 unspecified atom stereocenters. The fourth-order valence-electron chi connectivity index (χ4n) is 1.61. The number of hydrogen-bond acceptors (Lipinski definition) is 6. The Kier molecular flexibility index (Phi) is 5.82. The number of nitrogens with one attached hydrogen (secondary N) is 1. The van der Waals surface area contributed by atoms with E-state index in [1.54, 1.807) is 23.1 Å². The van der Waals surface area contributed by atoms with Gasteiger partial charge in [-0.3, -0.25) is 0 Å². The summed E-state index contributed by atoms with van der Waals surface area (Å²) in [4.78, 5) is 3.18. The summed E-state index contributed by atoms with van der Waals surface area (Å²) in [6.07, 6.45) is 1.17. The van der Waals surface area contributed by atoms with E-state index in [0.29, 0.717) is 0 Å². The van der Waals surface area contributed by atoms with Crippen molar-refractivity contribution in [1.82, 2.24) is 15.5 Å². The van der Waals surface area contributed by atoms with E-state index in [-0.39, 0.29) is 0 Å². The molecule has 6 heteroatoms. The van der Waals surface area contributed by atoms with Gasteiger partial charge in [0.25, 0.3) is 0 Å². The first-order chi connectivity index (χ1) is 9.69. The average molecular weight is 308 g/mol. The Hall–Kier alpha value is -1.11. The van der Waals surface area contributed by atoms with Crippen LogP contribution in [0.4, 0.5) is 5.13 Å². The van der Waals surface area contributed by atoms with Crippen molar-refractivity contribution in [3.63, 3.8) is 0 Å². The number of aromatic nitrogens is 2. The van der Waals surface area contributed by atoms with Crippen LogP contribution in [0.1, 0.15) is 18.9 Å². The molecule has 20 heavy (non-hydrogen) atoms. The summed E-state index contributed by atoms with van der Waals surface area (Å²) < 4.78 is 0.977. The Morgan fingerprint density at radius 3 is 2.55 bits per heavy atom. The zero-order valence-corrected chi connectivity index (χ0v) is 13.7. The molecule has 1 aromatic heterocycles. The predicted octanol–water partition coefficient (Wildman–Crippen LogP) is 3.25. The lowest BCUT2D eigenvalue weighted by Crippen LogP contribution is -2.13. The summed E-state index contributed by atoms with van der Waals surface area (Å²) in [5, 5.41) is 12.7. The van der Waals surface area contributed by atoms with Crippen molar-refractivity contribution in [3.05, 3.63) is 29.8 Å². The van der Waals surface area contributed by atoms with Gasteiger partial charge in [0, 0.05) is 25.5 Å². The van der Waals surface area contributed by atoms with Crippen LogP contribution in [0.3, 0.4) is 0 Å². The second-order valence-corrected chi connectivity index (χ2v) is 6.94. The first-order valence-electron chi connectivity index (χ1n) is 6.67. The van der Waals surface area contributed by atoms with Crippen molar-refractivity contribution in [2.75, 3.05) is 25.5 Å². The van der Waals surface area contributed by atoms with E-state index < -0.39 is 0 Å². The minimum absolute atomic E-state index is 0.933. The number of rotatable bonds is 7. The van der Waals surface area contributed by atoms with Gasteiger partial charge < -0.3 is 10.2 Å². The topological polar surface area (TPSA) is 41.1 Å². The summed E-state index contributed by atoms with van der Waals surface area (Å²) in [6.45, 7) is 4.17. The molecule has 0 fully saturated rings. The van der Waals surface area contributed by atoms with E-state index in [0.717, 1.165) is 22.6 Å². The number of benzene rings is 1. The Morgan fingerprint density at radius 1 is 1.20 bits per heavy atom. The minimum Gasteiger partial charge on any atom is -0.353 e. The molecule has 4 nitrogen and oxygen atoms in total. The molecule has 0 radical (unpaired) electrons. The molecule has 0 saturated carbocycles. The molecule has 1 heterocycles. The maximum absolute atomic E-state index is 4.19. The zero-order chi connectivity index (χ0) is 14.4. The molecule has 0 aliphatic heterocycles. The number of hydrogen-bond donors (Lipinski definition) is 1. The quantitative estimate of drug-likeness (QED) is 0.795. The third kappa shape index (κ3) is 4.47. The van der Waals surface area contributed by atoms with E-state index in [2.05, 4.69) is 46.7 Å². The molecule has 0 aliphatic rings. The maximum Gasteiger partial charge on any atom is 0.208 e. The molecule has 0 bridgehead atoms. The largest absolute Gasteiger partial charge is 0.353 e. The van der Waals surface area contributed by atoms with Gasteiger partial charge in [0.15, 0.2) is 4.34 Å². The van der Waals surface area contributed by atoms with Crippen LogP contribution in [0.25, 0.3) is 0 Å². The first-order valence-corrected chi connectivity index (χ1v) is 8.30. The van der Waals surface area contributed by atoms with E-state index in [9.17, 15) is 0 Å². The lowest BCUT2D eigenvalue weighted by Gasteiger charge is -2.04. The van der Waals surface area contributed by atoms with E-state index in [1.165, 1.54) is 16.9 Å². The van der Waals surface area contributed by atoms with Gasteiger partial charge in [-0.1, -0.05) is 42.2 Å². The summed E-state index contributed by atoms with van der Waals surface area (Å²) in [5.41, 5.74) is 1.31. The van der Waals surface area contributed by atoms with Crippen LogP contribution >= 0.6 is 23.1 Å². The summed E-state index contributed by atoms with van der Waals surface area (Å²) in [7, 11) is 3.96. The van der Waals surface area contributed by atoms with Gasteiger partial charge in [-0.2, -0.15) is 0 Å². The van der Waals surface area contributed by atoms with E-state index in [4.69, 9.17) is 0 Å². The van der Waals surface area contributed by atoms with Crippen LogP contribution in [0, 0.1) is 0 Å². The number of nitrogens with zero attached hydrogens (tertiary/aromatic N) is 3. The summed E-state index contributed by atoms with van der Waals surface area (Å²) in [5.74, 6) is 0. The lowest BCUT2D eigenvalue weighted by molar-refractivity contribution is 0.675. The lowest BCUT2D eigenvalue weighted by atomic mass is 10.2. The fourth-order valence-corrected chi connectivity index (χ4v) is 3.35. The molecule has 0 amide bonds. The zero-order valence-electron chi connectivity index (χ0n) is 12.1. The molecule has 0 saturated heterocycles. The molecule has 2 rings (SSSR count). The van der Waals surface area contributed by atoms with Crippen LogP contribution in [-0.2, 0) is 6.54 Å². The van der Waals surface area contributed by atoms with E-state index in [1.807, 2.05) is 19.0 Å². The normalized spacial score (nSPS) is 10.8. The third-order valence-corrected chi connectivity index (χ3v) is 4.81. The SMILES string of the molecule is CCCNCc1ccc(Sc2nnc(N(C)C)s2)cc1. The summed E-state index contributed by atoms with van der Waals surface area (Å²) in [6, 6.07) is 8.62. The van der Waals surface area contributed by atoms with Crippen molar-refractivity contribution in [1.29, 1.82) is 0 Å². The van der Waals surface area contributed by atoms with Crippen molar-refractivity contribution in [2.45, 2.75) is 29.1 Å². The van der Waals surface area contributed by atoms with Crippen LogP contribution in [0.2, 0.25) is 0 Å². The van der Waals surface area contributed by atoms with Gasteiger partial charge in [-0.05, 0) is 30.7 Å². The second-order valence-electron chi connectivity index (χ2n) is 4.67. The number of anilines is 1. The van der Waals surface area contributed by atoms with Crippen molar-refractivity contribution in [3.8, 4) is 0 Å². The van der Waals surface area contributed by atoms with Gasteiger partial charge in [0.2, 0.25) is 5.13 Å². The van der Waals surface area contributed by atoms with Crippen LogP contribution in [-0.4, -0.2) is 30.8 Å². The molecule has 0 aliphatic carbocycles. The first kappa shape index (κ1) is 15.3. The smallest absolute Gasteiger partial charge is 0.208 e. The van der Waals surface area contributed by atoms with E-state index >= 15 is 0 Å².